The quantitative estimate of drug-likeness (QED) is 0.621. The average Bonchev–Trinajstić information content (AvgIpc) is 2.17. The molecule has 1 rings (SSSR count). The lowest BCUT2D eigenvalue weighted by molar-refractivity contribution is -0.111. The first-order valence-corrected chi connectivity index (χ1v) is 6.04. The molecule has 1 unspecified atom stereocenters. The summed E-state index contributed by atoms with van der Waals surface area (Å²) in [6.07, 6.45) is 3.11. The second-order valence-electron chi connectivity index (χ2n) is 3.60. The minimum Gasteiger partial charge on any atom is -0.302 e. The highest BCUT2D eigenvalue weighted by molar-refractivity contribution is 7.86. The summed E-state index contributed by atoms with van der Waals surface area (Å²) in [5, 5.41) is 0. The van der Waals surface area contributed by atoms with Crippen LogP contribution in [0.25, 0.3) is 0 Å². The molecule has 0 aromatic heterocycles. The third-order valence-electron chi connectivity index (χ3n) is 2.41. The summed E-state index contributed by atoms with van der Waals surface area (Å²) in [4.78, 5) is 10.7. The lowest BCUT2D eigenvalue weighted by Gasteiger charge is -2.32. The summed E-state index contributed by atoms with van der Waals surface area (Å²) >= 11 is 0. The van der Waals surface area contributed by atoms with E-state index in [0.29, 0.717) is 13.0 Å². The van der Waals surface area contributed by atoms with E-state index in [1.807, 2.05) is 0 Å². The number of rotatable bonds is 3. The molecule has 1 aliphatic rings. The maximum absolute atomic E-state index is 11.7. The second kappa shape index (κ2) is 4.37. The van der Waals surface area contributed by atoms with Crippen molar-refractivity contribution in [3.63, 3.8) is 0 Å². The zero-order valence-electron chi connectivity index (χ0n) is 8.51. The first-order valence-electron chi connectivity index (χ1n) is 4.64. The average molecular weight is 220 g/mol. The Bertz CT molecular complexity index is 300. The van der Waals surface area contributed by atoms with Gasteiger partial charge in [0.2, 0.25) is 0 Å². The Kier molecular flexibility index (Phi) is 3.63. The molecule has 0 bridgehead atoms. The number of carbonyl (C=O) groups is 1. The molecule has 1 aliphatic heterocycles. The molecule has 0 aromatic rings. The summed E-state index contributed by atoms with van der Waals surface area (Å²) in [5.74, 6) is 0. The molecule has 0 spiro atoms. The van der Waals surface area contributed by atoms with Crippen molar-refractivity contribution in [1.82, 2.24) is 8.61 Å². The maximum Gasteiger partial charge on any atom is 0.282 e. The van der Waals surface area contributed by atoms with Gasteiger partial charge < -0.3 is 4.79 Å². The number of hydrogen-bond donors (Lipinski definition) is 0. The van der Waals surface area contributed by atoms with E-state index >= 15 is 0 Å². The molecule has 6 heteroatoms. The van der Waals surface area contributed by atoms with Gasteiger partial charge in [-0.3, -0.25) is 0 Å². The predicted molar refractivity (Wildman–Crippen MR) is 53.0 cm³/mol. The van der Waals surface area contributed by atoms with E-state index in [1.54, 1.807) is 0 Å². The smallest absolute Gasteiger partial charge is 0.282 e. The van der Waals surface area contributed by atoms with Crippen LogP contribution in [0.3, 0.4) is 0 Å². The standard InChI is InChI=1S/C8H16N2O3S/c1-9(2)14(12,13)10-6-4-3-5-8(10)7-11/h7-8H,3-6H2,1-2H3. The van der Waals surface area contributed by atoms with Gasteiger partial charge in [-0.05, 0) is 12.8 Å². The van der Waals surface area contributed by atoms with Crippen LogP contribution in [0.5, 0.6) is 0 Å². The van der Waals surface area contributed by atoms with Gasteiger partial charge >= 0.3 is 0 Å². The molecule has 1 atom stereocenters. The first kappa shape index (κ1) is 11.6. The van der Waals surface area contributed by atoms with Crippen LogP contribution in [0.2, 0.25) is 0 Å². The topological polar surface area (TPSA) is 57.7 Å². The fraction of sp³-hybridized carbons (Fsp3) is 0.875. The number of nitrogens with zero attached hydrogens (tertiary/aromatic N) is 2. The highest BCUT2D eigenvalue weighted by Crippen LogP contribution is 2.19. The lowest BCUT2D eigenvalue weighted by Crippen LogP contribution is -2.49. The molecule has 1 saturated heterocycles. The molecule has 5 nitrogen and oxygen atoms in total. The van der Waals surface area contributed by atoms with Crippen molar-refractivity contribution in [2.24, 2.45) is 0 Å². The summed E-state index contributed by atoms with van der Waals surface area (Å²) in [5.41, 5.74) is 0. The van der Waals surface area contributed by atoms with Crippen LogP contribution in [0.4, 0.5) is 0 Å². The van der Waals surface area contributed by atoms with Gasteiger partial charge in [0.1, 0.15) is 6.29 Å². The van der Waals surface area contributed by atoms with Crippen molar-refractivity contribution in [2.45, 2.75) is 25.3 Å². The van der Waals surface area contributed by atoms with Crippen LogP contribution in [0, 0.1) is 0 Å². The number of piperidine rings is 1. The van der Waals surface area contributed by atoms with Gasteiger partial charge in [0, 0.05) is 20.6 Å². The normalized spacial score (nSPS) is 25.2. The summed E-state index contributed by atoms with van der Waals surface area (Å²) < 4.78 is 25.9. The van der Waals surface area contributed by atoms with Crippen molar-refractivity contribution in [2.75, 3.05) is 20.6 Å². The third-order valence-corrected chi connectivity index (χ3v) is 4.38. The van der Waals surface area contributed by atoms with E-state index in [0.717, 1.165) is 23.4 Å². The molecule has 82 valence electrons. The zero-order chi connectivity index (χ0) is 10.8. The zero-order valence-corrected chi connectivity index (χ0v) is 9.33. The van der Waals surface area contributed by atoms with Crippen molar-refractivity contribution >= 4 is 16.5 Å². The summed E-state index contributed by atoms with van der Waals surface area (Å²) in [6.45, 7) is 0.448. The van der Waals surface area contributed by atoms with Crippen molar-refractivity contribution in [1.29, 1.82) is 0 Å². The highest BCUT2D eigenvalue weighted by atomic mass is 32.2. The molecule has 0 aromatic carbocycles. The van der Waals surface area contributed by atoms with Gasteiger partial charge in [0.05, 0.1) is 6.04 Å². The van der Waals surface area contributed by atoms with Crippen LogP contribution in [-0.4, -0.2) is 50.0 Å². The van der Waals surface area contributed by atoms with Gasteiger partial charge in [0.15, 0.2) is 0 Å². The number of hydrogen-bond acceptors (Lipinski definition) is 3. The first-order chi connectivity index (χ1) is 6.50. The van der Waals surface area contributed by atoms with E-state index < -0.39 is 16.3 Å². The minimum absolute atomic E-state index is 0.448. The minimum atomic E-state index is -3.43. The Morgan fingerprint density at radius 1 is 1.36 bits per heavy atom. The molecule has 0 radical (unpaired) electrons. The third kappa shape index (κ3) is 2.13. The summed E-state index contributed by atoms with van der Waals surface area (Å²) in [6, 6.07) is -0.476. The number of aldehydes is 1. The fourth-order valence-corrected chi connectivity index (χ4v) is 2.84. The van der Waals surface area contributed by atoms with Gasteiger partial charge in [0.25, 0.3) is 10.2 Å². The van der Waals surface area contributed by atoms with E-state index in [-0.39, 0.29) is 0 Å². The molecule has 0 aliphatic carbocycles. The molecular weight excluding hydrogens is 204 g/mol. The molecule has 14 heavy (non-hydrogen) atoms. The second-order valence-corrected chi connectivity index (χ2v) is 5.70. The van der Waals surface area contributed by atoms with Crippen molar-refractivity contribution in [3.05, 3.63) is 0 Å². The van der Waals surface area contributed by atoms with Gasteiger partial charge in [-0.25, -0.2) is 0 Å². The van der Waals surface area contributed by atoms with E-state index in [9.17, 15) is 13.2 Å². The molecular formula is C8H16N2O3S. The van der Waals surface area contributed by atoms with Crippen molar-refractivity contribution in [3.8, 4) is 0 Å². The van der Waals surface area contributed by atoms with E-state index in [2.05, 4.69) is 0 Å². The van der Waals surface area contributed by atoms with Crippen LogP contribution < -0.4 is 0 Å². The van der Waals surface area contributed by atoms with Gasteiger partial charge in [-0.2, -0.15) is 17.0 Å². The molecule has 1 heterocycles. The molecule has 1 fully saturated rings. The largest absolute Gasteiger partial charge is 0.302 e. The Hall–Kier alpha value is -0.460. The van der Waals surface area contributed by atoms with Crippen LogP contribution in [0.1, 0.15) is 19.3 Å². The van der Waals surface area contributed by atoms with E-state index in [4.69, 9.17) is 0 Å². The Balaban J connectivity index is 2.88. The Morgan fingerprint density at radius 2 is 2.00 bits per heavy atom. The fourth-order valence-electron chi connectivity index (χ4n) is 1.56. The Morgan fingerprint density at radius 3 is 2.50 bits per heavy atom. The van der Waals surface area contributed by atoms with Gasteiger partial charge in [-0.1, -0.05) is 6.42 Å². The molecule has 0 saturated carbocycles. The Labute approximate surface area is 84.9 Å². The molecule has 0 N–H and O–H groups in total. The van der Waals surface area contributed by atoms with Crippen molar-refractivity contribution < 1.29 is 13.2 Å². The maximum atomic E-state index is 11.7. The predicted octanol–water partition coefficient (Wildman–Crippen LogP) is -0.154. The number of carbonyl (C=O) groups excluding carboxylic acids is 1. The lowest BCUT2D eigenvalue weighted by atomic mass is 10.1. The van der Waals surface area contributed by atoms with E-state index in [1.165, 1.54) is 18.4 Å². The highest BCUT2D eigenvalue weighted by Gasteiger charge is 2.33. The molecule has 0 amide bonds. The van der Waals surface area contributed by atoms with Crippen LogP contribution in [0.15, 0.2) is 0 Å². The monoisotopic (exact) mass is 220 g/mol. The van der Waals surface area contributed by atoms with Gasteiger partial charge in [-0.15, -0.1) is 0 Å². The van der Waals surface area contributed by atoms with Crippen LogP contribution >= 0.6 is 0 Å². The SMILES string of the molecule is CN(C)S(=O)(=O)N1CCCCC1C=O. The summed E-state index contributed by atoms with van der Waals surface area (Å²) in [7, 11) is -0.470. The van der Waals surface area contributed by atoms with Crippen LogP contribution in [-0.2, 0) is 15.0 Å².